The Kier molecular flexibility index (Phi) is 18.2. The molecule has 1 atom stereocenters. The summed E-state index contributed by atoms with van der Waals surface area (Å²) in [6, 6.07) is 7.57. The first-order valence-corrected chi connectivity index (χ1v) is 7.80. The van der Waals surface area contributed by atoms with Gasteiger partial charge < -0.3 is 15.0 Å². The van der Waals surface area contributed by atoms with E-state index in [0.29, 0.717) is 6.42 Å². The van der Waals surface area contributed by atoms with Crippen LogP contribution >= 0.6 is 0 Å². The first kappa shape index (κ1) is 27.5. The molecular formula is C19H30O6. The van der Waals surface area contributed by atoms with Crippen molar-refractivity contribution >= 4 is 23.3 Å². The van der Waals surface area contributed by atoms with Gasteiger partial charge in [0.25, 0.3) is 5.97 Å². The van der Waals surface area contributed by atoms with Crippen molar-refractivity contribution in [2.75, 3.05) is 0 Å². The highest BCUT2D eigenvalue weighted by molar-refractivity contribution is 5.93. The number of hydrogen-bond donors (Lipinski definition) is 2. The maximum Gasteiger partial charge on any atom is 0.300 e. The number of aliphatic hydroxyl groups is 1. The van der Waals surface area contributed by atoms with Crippen LogP contribution in [0, 0.1) is 6.92 Å². The van der Waals surface area contributed by atoms with Gasteiger partial charge in [-0.15, -0.1) is 0 Å². The number of carbonyl (C=O) groups is 4. The zero-order valence-electron chi connectivity index (χ0n) is 16.1. The maximum atomic E-state index is 10.8. The van der Waals surface area contributed by atoms with Crippen LogP contribution in [0.5, 0.6) is 0 Å². The Hall–Kier alpha value is -2.34. The number of aliphatic carboxylic acids is 1. The minimum atomic E-state index is -0.833. The second kappa shape index (κ2) is 16.5. The molecule has 2 N–H and O–H groups in total. The van der Waals surface area contributed by atoms with E-state index in [0.717, 1.165) is 12.5 Å². The largest absolute Gasteiger partial charge is 0.481 e. The second-order valence-corrected chi connectivity index (χ2v) is 5.28. The molecule has 0 aliphatic rings. The van der Waals surface area contributed by atoms with E-state index in [4.69, 9.17) is 15.0 Å². The first-order valence-electron chi connectivity index (χ1n) is 7.80. The third kappa shape index (κ3) is 26.8. The van der Waals surface area contributed by atoms with Gasteiger partial charge in [-0.2, -0.15) is 0 Å². The van der Waals surface area contributed by atoms with Crippen molar-refractivity contribution in [2.45, 2.75) is 61.0 Å². The van der Waals surface area contributed by atoms with Crippen molar-refractivity contribution in [1.29, 1.82) is 0 Å². The molecule has 25 heavy (non-hydrogen) atoms. The molecule has 6 nitrogen and oxygen atoms in total. The van der Waals surface area contributed by atoms with Crippen molar-refractivity contribution in [1.82, 2.24) is 0 Å². The number of rotatable bonds is 3. The van der Waals surface area contributed by atoms with Gasteiger partial charge in [0, 0.05) is 18.9 Å². The minimum Gasteiger partial charge on any atom is -0.481 e. The smallest absolute Gasteiger partial charge is 0.300 e. The molecule has 1 unspecified atom stereocenters. The van der Waals surface area contributed by atoms with Crippen LogP contribution < -0.4 is 0 Å². The number of aliphatic hydroxyl groups excluding tert-OH is 1. The molecule has 0 fully saturated rings. The van der Waals surface area contributed by atoms with E-state index in [1.807, 2.05) is 38.1 Å². The van der Waals surface area contributed by atoms with Crippen molar-refractivity contribution in [3.8, 4) is 0 Å². The zero-order chi connectivity index (χ0) is 20.6. The molecule has 0 amide bonds. The normalized spacial score (nSPS) is 9.60. The molecule has 0 aromatic heterocycles. The van der Waals surface area contributed by atoms with Crippen molar-refractivity contribution in [3.63, 3.8) is 0 Å². The summed E-state index contributed by atoms with van der Waals surface area (Å²) in [5.74, 6) is -0.639. The van der Waals surface area contributed by atoms with Crippen molar-refractivity contribution in [3.05, 3.63) is 35.4 Å². The summed E-state index contributed by atoms with van der Waals surface area (Å²) in [6.45, 7) is 10.9. The topological polar surface area (TPSA) is 109 Å². The standard InChI is InChI=1S/C9H10O.C4H8O2.C4H8O.C2H4O2/c1-7-3-5-9(6-4-7)8(2)10;1-3(5)4(2)6;1-3-4(2)5;1-2(3)4/h3-6H,1-2H3;3,5H,1-2H3;3H2,1-2H3;1H3,(H,3,4). The molecule has 0 radical (unpaired) electrons. The van der Waals surface area contributed by atoms with Gasteiger partial charge in [0.2, 0.25) is 0 Å². The number of carbonyl (C=O) groups excluding carboxylic acids is 3. The lowest BCUT2D eigenvalue weighted by Gasteiger charge is -1.93. The highest BCUT2D eigenvalue weighted by Gasteiger charge is 1.97. The summed E-state index contributed by atoms with van der Waals surface area (Å²) in [6.07, 6.45) is -0.120. The average molecular weight is 354 g/mol. The molecule has 1 aromatic carbocycles. The molecule has 142 valence electrons. The summed E-state index contributed by atoms with van der Waals surface area (Å²) >= 11 is 0. The van der Waals surface area contributed by atoms with Gasteiger partial charge in [-0.1, -0.05) is 36.8 Å². The van der Waals surface area contributed by atoms with Crippen LogP contribution in [0.3, 0.4) is 0 Å². The Morgan fingerprint density at radius 3 is 1.40 bits per heavy atom. The van der Waals surface area contributed by atoms with E-state index in [-0.39, 0.29) is 17.3 Å². The van der Waals surface area contributed by atoms with Crippen LogP contribution in [0.25, 0.3) is 0 Å². The van der Waals surface area contributed by atoms with E-state index in [2.05, 4.69) is 0 Å². The van der Waals surface area contributed by atoms with Crippen LogP contribution in [0.2, 0.25) is 0 Å². The molecule has 0 aliphatic heterocycles. The highest BCUT2D eigenvalue weighted by Crippen LogP contribution is 2.02. The maximum absolute atomic E-state index is 10.8. The molecule has 6 heteroatoms. The van der Waals surface area contributed by atoms with Crippen LogP contribution in [0.1, 0.15) is 63.9 Å². The van der Waals surface area contributed by atoms with E-state index in [1.54, 1.807) is 13.8 Å². The number of carboxylic acids is 1. The Bertz CT molecular complexity index is 525. The zero-order valence-corrected chi connectivity index (χ0v) is 16.1. The Morgan fingerprint density at radius 1 is 0.960 bits per heavy atom. The number of hydrogen-bond acceptors (Lipinski definition) is 5. The second-order valence-electron chi connectivity index (χ2n) is 5.28. The molecule has 0 heterocycles. The predicted molar refractivity (Wildman–Crippen MR) is 97.8 cm³/mol. The lowest BCUT2D eigenvalue weighted by molar-refractivity contribution is -0.134. The fraction of sp³-hybridized carbons (Fsp3) is 0.474. The van der Waals surface area contributed by atoms with E-state index >= 15 is 0 Å². The lowest BCUT2D eigenvalue weighted by atomic mass is 10.1. The summed E-state index contributed by atoms with van der Waals surface area (Å²) in [7, 11) is 0. The summed E-state index contributed by atoms with van der Waals surface area (Å²) < 4.78 is 0. The Labute approximate surface area is 149 Å². The third-order valence-corrected chi connectivity index (χ3v) is 2.54. The van der Waals surface area contributed by atoms with E-state index in [1.165, 1.54) is 19.4 Å². The van der Waals surface area contributed by atoms with Gasteiger partial charge >= 0.3 is 0 Å². The van der Waals surface area contributed by atoms with Gasteiger partial charge in [-0.3, -0.25) is 14.4 Å². The number of carboxylic acid groups (broad SMARTS) is 1. The Morgan fingerprint density at radius 2 is 1.24 bits per heavy atom. The number of benzene rings is 1. The molecule has 0 bridgehead atoms. The van der Waals surface area contributed by atoms with Gasteiger partial charge in [0.05, 0.1) is 0 Å². The number of Topliss-reactive ketones (excluding diaryl/α,β-unsaturated/α-hetero) is 3. The van der Waals surface area contributed by atoms with Gasteiger partial charge in [-0.05, 0) is 34.6 Å². The molecular weight excluding hydrogens is 324 g/mol. The minimum absolute atomic E-state index is 0.125. The van der Waals surface area contributed by atoms with Crippen molar-refractivity contribution < 1.29 is 29.4 Å². The summed E-state index contributed by atoms with van der Waals surface area (Å²) in [5.41, 5.74) is 1.97. The fourth-order valence-corrected chi connectivity index (χ4v) is 0.788. The third-order valence-electron chi connectivity index (χ3n) is 2.54. The molecule has 0 aliphatic carbocycles. The van der Waals surface area contributed by atoms with E-state index < -0.39 is 12.1 Å². The summed E-state index contributed by atoms with van der Waals surface area (Å²) in [5, 5.41) is 15.7. The van der Waals surface area contributed by atoms with Gasteiger partial charge in [-0.25, -0.2) is 0 Å². The molecule has 0 spiro atoms. The van der Waals surface area contributed by atoms with Crippen molar-refractivity contribution in [2.24, 2.45) is 0 Å². The number of aryl methyl sites for hydroxylation is 1. The van der Waals surface area contributed by atoms with Crippen LogP contribution in [-0.4, -0.2) is 39.6 Å². The average Bonchev–Trinajstić information content (AvgIpc) is 2.48. The first-order chi connectivity index (χ1) is 11.3. The van der Waals surface area contributed by atoms with Gasteiger partial charge in [0.1, 0.15) is 11.9 Å². The molecule has 0 saturated heterocycles. The molecule has 0 saturated carbocycles. The monoisotopic (exact) mass is 354 g/mol. The lowest BCUT2D eigenvalue weighted by Crippen LogP contribution is -2.10. The Balaban J connectivity index is -0.000000280. The molecule has 1 rings (SSSR count). The predicted octanol–water partition coefficient (Wildman–Crippen LogP) is 3.23. The number of ketones is 3. The highest BCUT2D eigenvalue weighted by atomic mass is 16.4. The fourth-order valence-electron chi connectivity index (χ4n) is 0.788. The molecule has 1 aromatic rings. The van der Waals surface area contributed by atoms with Gasteiger partial charge in [0.15, 0.2) is 11.6 Å². The van der Waals surface area contributed by atoms with E-state index in [9.17, 15) is 14.4 Å². The quantitative estimate of drug-likeness (QED) is 0.807. The summed E-state index contributed by atoms with van der Waals surface area (Å²) in [4.78, 5) is 39.5. The van der Waals surface area contributed by atoms with Crippen LogP contribution in [-0.2, 0) is 14.4 Å². The van der Waals surface area contributed by atoms with Crippen LogP contribution in [0.4, 0.5) is 0 Å². The van der Waals surface area contributed by atoms with Crippen LogP contribution in [0.15, 0.2) is 24.3 Å². The SMILES string of the molecule is CC(=O)C(C)O.CC(=O)O.CC(=O)c1ccc(C)cc1.CCC(C)=O.